The minimum atomic E-state index is 0.589. The van der Waals surface area contributed by atoms with Gasteiger partial charge < -0.3 is 10.2 Å². The summed E-state index contributed by atoms with van der Waals surface area (Å²) < 4.78 is 0. The molecule has 1 aliphatic rings. The van der Waals surface area contributed by atoms with E-state index in [1.165, 1.54) is 19.3 Å². The van der Waals surface area contributed by atoms with Gasteiger partial charge in [-0.1, -0.05) is 6.92 Å². The first-order valence-corrected chi connectivity index (χ1v) is 7.48. The zero-order chi connectivity index (χ0) is 13.7. The van der Waals surface area contributed by atoms with Gasteiger partial charge in [0.25, 0.3) is 0 Å². The van der Waals surface area contributed by atoms with Crippen LogP contribution in [-0.2, 0) is 0 Å². The Kier molecular flexibility index (Phi) is 5.14. The van der Waals surface area contributed by atoms with Gasteiger partial charge in [0.05, 0.1) is 0 Å². The topological polar surface area (TPSA) is 41.0 Å². The van der Waals surface area contributed by atoms with Gasteiger partial charge in [-0.05, 0) is 51.6 Å². The SMILES string of the molecule is CCCNC(C)C1CCCN(c2ccnc(C)n2)C1. The molecule has 106 valence electrons. The Morgan fingerprint density at radius 1 is 1.53 bits per heavy atom. The molecule has 0 bridgehead atoms. The first-order valence-electron chi connectivity index (χ1n) is 7.48. The van der Waals surface area contributed by atoms with Crippen molar-refractivity contribution in [3.63, 3.8) is 0 Å². The standard InChI is InChI=1S/C15H26N4/c1-4-8-16-12(2)14-6-5-10-19(11-14)15-7-9-17-13(3)18-15/h7,9,12,14,16H,4-6,8,10-11H2,1-3H3. The average Bonchev–Trinajstić information content (AvgIpc) is 2.45. The molecule has 1 fully saturated rings. The number of aryl methyl sites for hydroxylation is 1. The molecule has 1 aromatic heterocycles. The van der Waals surface area contributed by atoms with Crippen molar-refractivity contribution in [1.82, 2.24) is 15.3 Å². The van der Waals surface area contributed by atoms with Gasteiger partial charge in [-0.25, -0.2) is 9.97 Å². The Morgan fingerprint density at radius 2 is 2.37 bits per heavy atom. The molecule has 0 radical (unpaired) electrons. The Bertz CT molecular complexity index is 393. The summed E-state index contributed by atoms with van der Waals surface area (Å²) >= 11 is 0. The molecule has 19 heavy (non-hydrogen) atoms. The van der Waals surface area contributed by atoms with Crippen molar-refractivity contribution < 1.29 is 0 Å². The lowest BCUT2D eigenvalue weighted by atomic mass is 9.91. The van der Waals surface area contributed by atoms with E-state index < -0.39 is 0 Å². The van der Waals surface area contributed by atoms with Gasteiger partial charge in [-0.15, -0.1) is 0 Å². The van der Waals surface area contributed by atoms with E-state index in [1.54, 1.807) is 0 Å². The van der Waals surface area contributed by atoms with Gasteiger partial charge in [0.2, 0.25) is 0 Å². The summed E-state index contributed by atoms with van der Waals surface area (Å²) in [6.45, 7) is 9.83. The lowest BCUT2D eigenvalue weighted by molar-refractivity contribution is 0.320. The number of aromatic nitrogens is 2. The van der Waals surface area contributed by atoms with Crippen LogP contribution in [0.5, 0.6) is 0 Å². The molecule has 0 saturated carbocycles. The molecule has 2 heterocycles. The predicted molar refractivity (Wildman–Crippen MR) is 79.5 cm³/mol. The fraction of sp³-hybridized carbons (Fsp3) is 0.733. The minimum Gasteiger partial charge on any atom is -0.356 e. The van der Waals surface area contributed by atoms with Crippen LogP contribution in [0, 0.1) is 12.8 Å². The van der Waals surface area contributed by atoms with Gasteiger partial charge in [-0.2, -0.15) is 0 Å². The highest BCUT2D eigenvalue weighted by Crippen LogP contribution is 2.23. The molecule has 1 saturated heterocycles. The zero-order valence-electron chi connectivity index (χ0n) is 12.4. The third-order valence-electron chi connectivity index (χ3n) is 3.97. The monoisotopic (exact) mass is 262 g/mol. The molecule has 0 aromatic carbocycles. The van der Waals surface area contributed by atoms with E-state index in [2.05, 4.69) is 34.0 Å². The summed E-state index contributed by atoms with van der Waals surface area (Å²) in [4.78, 5) is 11.1. The van der Waals surface area contributed by atoms with Crippen molar-refractivity contribution in [1.29, 1.82) is 0 Å². The first-order chi connectivity index (χ1) is 9.20. The summed E-state index contributed by atoms with van der Waals surface area (Å²) in [5.74, 6) is 2.66. The molecule has 4 nitrogen and oxygen atoms in total. The largest absolute Gasteiger partial charge is 0.356 e. The number of nitrogens with zero attached hydrogens (tertiary/aromatic N) is 3. The highest BCUT2D eigenvalue weighted by Gasteiger charge is 2.25. The second kappa shape index (κ2) is 6.85. The van der Waals surface area contributed by atoms with Crippen LogP contribution in [0.4, 0.5) is 5.82 Å². The van der Waals surface area contributed by atoms with Gasteiger partial charge in [0, 0.05) is 25.3 Å². The van der Waals surface area contributed by atoms with Crippen LogP contribution in [0.3, 0.4) is 0 Å². The number of nitrogens with one attached hydrogen (secondary N) is 1. The molecule has 1 aromatic rings. The lowest BCUT2D eigenvalue weighted by Gasteiger charge is -2.36. The van der Waals surface area contributed by atoms with Gasteiger partial charge >= 0.3 is 0 Å². The summed E-state index contributed by atoms with van der Waals surface area (Å²) in [7, 11) is 0. The Hall–Kier alpha value is -1.16. The lowest BCUT2D eigenvalue weighted by Crippen LogP contribution is -2.45. The summed E-state index contributed by atoms with van der Waals surface area (Å²) in [6, 6.07) is 2.62. The van der Waals surface area contributed by atoms with Crippen LogP contribution in [0.15, 0.2) is 12.3 Å². The Morgan fingerprint density at radius 3 is 3.11 bits per heavy atom. The van der Waals surface area contributed by atoms with E-state index >= 15 is 0 Å². The van der Waals surface area contributed by atoms with E-state index in [0.29, 0.717) is 6.04 Å². The molecule has 0 aliphatic carbocycles. The van der Waals surface area contributed by atoms with Crippen molar-refractivity contribution in [2.45, 2.75) is 46.1 Å². The zero-order valence-corrected chi connectivity index (χ0v) is 12.4. The van der Waals surface area contributed by atoms with Gasteiger partial charge in [0.1, 0.15) is 11.6 Å². The highest BCUT2D eigenvalue weighted by atomic mass is 15.2. The third-order valence-corrected chi connectivity index (χ3v) is 3.97. The van der Waals surface area contributed by atoms with Crippen molar-refractivity contribution in [3.05, 3.63) is 18.1 Å². The molecule has 2 rings (SSSR count). The molecule has 1 aliphatic heterocycles. The molecule has 4 heteroatoms. The van der Waals surface area contributed by atoms with Crippen LogP contribution in [-0.4, -0.2) is 35.6 Å². The van der Waals surface area contributed by atoms with E-state index in [0.717, 1.165) is 37.2 Å². The maximum atomic E-state index is 4.55. The summed E-state index contributed by atoms with van der Waals surface area (Å²) in [5.41, 5.74) is 0. The number of anilines is 1. The maximum Gasteiger partial charge on any atom is 0.132 e. The van der Waals surface area contributed by atoms with Crippen molar-refractivity contribution in [2.24, 2.45) is 5.92 Å². The number of piperidine rings is 1. The average molecular weight is 262 g/mol. The molecular formula is C15H26N4. The van der Waals surface area contributed by atoms with Gasteiger partial charge in [0.15, 0.2) is 0 Å². The van der Waals surface area contributed by atoms with Gasteiger partial charge in [-0.3, -0.25) is 0 Å². The third kappa shape index (κ3) is 3.90. The number of hydrogen-bond acceptors (Lipinski definition) is 4. The number of hydrogen-bond donors (Lipinski definition) is 1. The van der Waals surface area contributed by atoms with Crippen molar-refractivity contribution in [3.8, 4) is 0 Å². The van der Waals surface area contributed by atoms with Crippen LogP contribution < -0.4 is 10.2 Å². The fourth-order valence-electron chi connectivity index (χ4n) is 2.78. The Labute approximate surface area is 116 Å². The quantitative estimate of drug-likeness (QED) is 0.884. The fourth-order valence-corrected chi connectivity index (χ4v) is 2.78. The molecule has 1 N–H and O–H groups in total. The summed E-state index contributed by atoms with van der Waals surface area (Å²) in [5, 5.41) is 3.63. The first kappa shape index (κ1) is 14.3. The normalized spacial score (nSPS) is 21.4. The van der Waals surface area contributed by atoms with Crippen molar-refractivity contribution >= 4 is 5.82 Å². The molecule has 2 atom stereocenters. The van der Waals surface area contributed by atoms with E-state index in [9.17, 15) is 0 Å². The number of rotatable bonds is 5. The molecule has 0 spiro atoms. The van der Waals surface area contributed by atoms with Crippen LogP contribution >= 0.6 is 0 Å². The predicted octanol–water partition coefficient (Wildman–Crippen LogP) is 2.39. The molecular weight excluding hydrogens is 236 g/mol. The van der Waals surface area contributed by atoms with Crippen LogP contribution in [0.1, 0.15) is 38.9 Å². The second-order valence-electron chi connectivity index (χ2n) is 5.55. The maximum absolute atomic E-state index is 4.55. The highest BCUT2D eigenvalue weighted by molar-refractivity contribution is 5.38. The van der Waals surface area contributed by atoms with E-state index in [-0.39, 0.29) is 0 Å². The van der Waals surface area contributed by atoms with Crippen molar-refractivity contribution in [2.75, 3.05) is 24.5 Å². The Balaban J connectivity index is 1.97. The molecule has 0 amide bonds. The second-order valence-corrected chi connectivity index (χ2v) is 5.55. The van der Waals surface area contributed by atoms with E-state index in [4.69, 9.17) is 0 Å². The minimum absolute atomic E-state index is 0.589. The van der Waals surface area contributed by atoms with E-state index in [1.807, 2.05) is 19.2 Å². The molecule has 2 unspecified atom stereocenters. The van der Waals surface area contributed by atoms with Crippen LogP contribution in [0.25, 0.3) is 0 Å². The smallest absolute Gasteiger partial charge is 0.132 e. The summed E-state index contributed by atoms with van der Waals surface area (Å²) in [6.07, 6.45) is 5.64. The van der Waals surface area contributed by atoms with Crippen LogP contribution in [0.2, 0.25) is 0 Å².